The zero-order valence-corrected chi connectivity index (χ0v) is 66.4. The summed E-state index contributed by atoms with van der Waals surface area (Å²) in [5.74, 6) is -0.584. The number of rotatable bonds is 52. The van der Waals surface area contributed by atoms with Gasteiger partial charge in [0.15, 0.2) is 0 Å². The fraction of sp³-hybridized carbons (Fsp3) is 0.662. The Morgan fingerprint density at radius 2 is 0.558 bits per heavy atom. The molecule has 45 heteroatoms. The summed E-state index contributed by atoms with van der Waals surface area (Å²) in [6, 6.07) is 0. The van der Waals surface area contributed by atoms with Gasteiger partial charge in [-0.25, -0.2) is 32.8 Å². The molecule has 8 rings (SSSR count). The van der Waals surface area contributed by atoms with E-state index in [2.05, 4.69) is 118 Å². The molecule has 0 radical (unpaired) electrons. The first-order valence-electron chi connectivity index (χ1n) is 36.2. The molecule has 8 atom stereocenters. The Kier molecular flexibility index (Phi) is 35.0. The van der Waals surface area contributed by atoms with Crippen molar-refractivity contribution in [3.05, 3.63) is 83.2 Å². The minimum Gasteiger partial charge on any atom is -0.458 e. The van der Waals surface area contributed by atoms with Crippen LogP contribution >= 0.6 is 0 Å². The lowest BCUT2D eigenvalue weighted by molar-refractivity contribution is -0.151. The summed E-state index contributed by atoms with van der Waals surface area (Å²) in [4.78, 5) is 84.5. The maximum Gasteiger partial charge on any atom is 0.303 e. The summed E-state index contributed by atoms with van der Waals surface area (Å²) in [5.41, 5.74) is 6.62. The van der Waals surface area contributed by atoms with E-state index >= 15 is 0 Å². The second kappa shape index (κ2) is 44.8. The van der Waals surface area contributed by atoms with Crippen LogP contribution in [0.4, 0.5) is 0 Å². The average molecular weight is 1610 g/mol. The molecule has 8 heterocycles. The van der Waals surface area contributed by atoms with E-state index in [1.165, 1.54) is 81.2 Å². The van der Waals surface area contributed by atoms with Gasteiger partial charge >= 0.3 is 41.8 Å². The quantitative estimate of drug-likeness (QED) is 0.0126. The third kappa shape index (κ3) is 34.3. The number of aromatic nitrogens is 21. The van der Waals surface area contributed by atoms with Gasteiger partial charge in [0.2, 0.25) is 0 Å². The lowest BCUT2D eigenvalue weighted by atomic mass is 10.2. The molecule has 0 aromatic carbocycles. The van der Waals surface area contributed by atoms with Gasteiger partial charge in [-0.2, -0.15) is 0 Å². The molecule has 618 valence electrons. The lowest BCUT2D eigenvalue weighted by Gasteiger charge is -2.31. The highest BCUT2D eigenvalue weighted by molar-refractivity contribution is 6.87. The molecule has 0 aliphatic carbocycles. The van der Waals surface area contributed by atoms with Gasteiger partial charge in [-0.05, 0) is 5.04 Å². The number of esters is 7. The van der Waals surface area contributed by atoms with E-state index in [9.17, 15) is 33.6 Å². The van der Waals surface area contributed by atoms with Crippen molar-refractivity contribution in [1.82, 2.24) is 105 Å². The van der Waals surface area contributed by atoms with Crippen molar-refractivity contribution >= 4 is 49.9 Å². The zero-order valence-electron chi connectivity index (χ0n) is 65.4. The van der Waals surface area contributed by atoms with Gasteiger partial charge in [0, 0.05) is 48.5 Å². The zero-order chi connectivity index (χ0) is 81.3. The van der Waals surface area contributed by atoms with Crippen LogP contribution in [0, 0.1) is 11.5 Å². The third-order valence-electron chi connectivity index (χ3n) is 16.2. The normalized spacial score (nSPS) is 14.7. The van der Waals surface area contributed by atoms with Crippen molar-refractivity contribution in [2.24, 2.45) is 0 Å². The van der Waals surface area contributed by atoms with Crippen LogP contribution in [0.5, 0.6) is 0 Å². The highest BCUT2D eigenvalue weighted by atomic mass is 28.3. The molecule has 7 aromatic rings. The smallest absolute Gasteiger partial charge is 0.303 e. The van der Waals surface area contributed by atoms with Crippen molar-refractivity contribution in [3.63, 3.8) is 0 Å². The predicted molar refractivity (Wildman–Crippen MR) is 382 cm³/mol. The van der Waals surface area contributed by atoms with Crippen LogP contribution < -0.4 is 0 Å². The number of hydrogen-bond acceptors (Lipinski definition) is 37. The van der Waals surface area contributed by atoms with Gasteiger partial charge in [0.25, 0.3) is 0 Å². The van der Waals surface area contributed by atoms with E-state index in [-0.39, 0.29) is 156 Å². The number of carbonyl (C=O) groups is 7. The molecular formula is C68H99N21O23Si. The van der Waals surface area contributed by atoms with E-state index in [0.717, 1.165) is 0 Å². The molecule has 7 aromatic heterocycles. The Balaban J connectivity index is 0.711. The fourth-order valence-corrected chi connectivity index (χ4v) is 11.2. The standard InChI is InChI=1S/C68H99N21O23Si/c1-46(90)106-60(37-97-14-13-15-113(11,12)68(8,9)10)23-83-16-53(69-76-83)30-98-38-61(107-47(2)91)24-84-17-54(70-77-84)31-99-39-62(108-48(3)92)25-85-18-55(71-78-85)32-100-40-63(109-49(4)93)26-86-19-56(72-79-86)33-101-41-64(110-50(5)94)27-87-20-57(73-80-87)34-102-42-65(111-51(6)95)28-88-21-58(74-81-88)35-103-43-66(112-52(7)96)29-89-22-59(75-82-89)36-104-44-67-45-105-67/h16-22,60-67H,14,23-45H2,1-12H3/t60-,61-,62-,63-,64-,65-,66-,67+/m1/s1. The average Bonchev–Trinajstić information content (AvgIpc) is 1.56. The van der Waals surface area contributed by atoms with E-state index in [0.29, 0.717) is 53.1 Å². The summed E-state index contributed by atoms with van der Waals surface area (Å²) in [5, 5.41) is 58.2. The highest BCUT2D eigenvalue weighted by Gasteiger charge is 2.34. The Hall–Kier alpha value is -10.3. The molecule has 0 bridgehead atoms. The van der Waals surface area contributed by atoms with Crippen LogP contribution in [0.2, 0.25) is 18.1 Å². The SMILES string of the molecule is CC(=O)O[C@@H](COCC#C[Si](C)(C)C(C)(C)C)Cn1cc(COC[C@@H](Cn2cc(COC[C@@H](Cn3cc(COC[C@@H](Cn4cc(COC[C@@H](Cn5cc(COC[C@@H](Cn6cc(COC[C@@H](Cn7cc(COC[C@H]8CO8)nn7)OC(C)=O)nn6)OC(C)=O)nn5)OC(C)=O)nn4)OC(C)=O)nn3)OC(C)=O)nn2)OC(C)=O)nn1. The number of nitrogens with zero attached hydrogens (tertiary/aromatic N) is 21. The lowest BCUT2D eigenvalue weighted by Crippen LogP contribution is -2.35. The molecule has 44 nitrogen and oxygen atoms in total. The molecule has 0 N–H and O–H groups in total. The van der Waals surface area contributed by atoms with Crippen LogP contribution in [0.25, 0.3) is 0 Å². The van der Waals surface area contributed by atoms with Crippen LogP contribution in [-0.4, -0.2) is 270 Å². The van der Waals surface area contributed by atoms with Gasteiger partial charge < -0.3 is 75.8 Å². The van der Waals surface area contributed by atoms with Gasteiger partial charge in [0.1, 0.15) is 103 Å². The maximum absolute atomic E-state index is 12.2. The molecule has 0 amide bonds. The van der Waals surface area contributed by atoms with Crippen molar-refractivity contribution in [2.75, 3.05) is 66.1 Å². The van der Waals surface area contributed by atoms with E-state index in [1.54, 1.807) is 43.4 Å². The summed E-state index contributed by atoms with van der Waals surface area (Å²) in [7, 11) is -1.80. The molecule has 1 saturated heterocycles. The maximum atomic E-state index is 12.2. The van der Waals surface area contributed by atoms with Gasteiger partial charge in [0.05, 0.1) is 195 Å². The Morgan fingerprint density at radius 3 is 0.743 bits per heavy atom. The van der Waals surface area contributed by atoms with Gasteiger partial charge in [-0.1, -0.05) is 76.3 Å². The van der Waals surface area contributed by atoms with E-state index in [1.807, 2.05) is 0 Å². The molecule has 1 aliphatic heterocycles. The number of hydrogen-bond donors (Lipinski definition) is 0. The highest BCUT2D eigenvalue weighted by Crippen LogP contribution is 2.35. The first kappa shape index (κ1) is 88.3. The fourth-order valence-electron chi connectivity index (χ4n) is 10.3. The Bertz CT molecular complexity index is 4190. The van der Waals surface area contributed by atoms with Gasteiger partial charge in [-0.3, -0.25) is 33.6 Å². The second-order valence-electron chi connectivity index (χ2n) is 27.9. The molecule has 1 fully saturated rings. The molecule has 0 saturated carbocycles. The van der Waals surface area contributed by atoms with Crippen molar-refractivity contribution in [2.45, 2.75) is 228 Å². The molecule has 0 unspecified atom stereocenters. The summed E-state index contributed by atoms with van der Waals surface area (Å²) in [6.07, 6.45) is 6.23. The Labute approximate surface area is 650 Å². The first-order chi connectivity index (χ1) is 54.0. The molecule has 0 spiro atoms. The minimum absolute atomic E-state index is 0.0203. The number of ether oxygens (including phenoxy) is 16. The minimum atomic E-state index is -1.80. The van der Waals surface area contributed by atoms with Crippen molar-refractivity contribution < 1.29 is 109 Å². The molecule has 1 aliphatic rings. The first-order valence-corrected chi connectivity index (χ1v) is 39.2. The summed E-state index contributed by atoms with van der Waals surface area (Å²) < 4.78 is 101. The van der Waals surface area contributed by atoms with Crippen LogP contribution in [0.15, 0.2) is 43.4 Å². The second-order valence-corrected chi connectivity index (χ2v) is 32.9. The number of carbonyl (C=O) groups excluding carboxylic acids is 7. The van der Waals surface area contributed by atoms with Crippen LogP contribution in [0.3, 0.4) is 0 Å². The van der Waals surface area contributed by atoms with Gasteiger partial charge in [-0.15, -0.1) is 41.2 Å². The van der Waals surface area contributed by atoms with E-state index < -0.39 is 92.6 Å². The number of epoxide rings is 1. The van der Waals surface area contributed by atoms with Crippen LogP contribution in [0.1, 0.15) is 109 Å². The third-order valence-corrected chi connectivity index (χ3v) is 20.7. The largest absolute Gasteiger partial charge is 0.458 e. The van der Waals surface area contributed by atoms with E-state index in [4.69, 9.17) is 75.8 Å². The molecule has 113 heavy (non-hydrogen) atoms. The van der Waals surface area contributed by atoms with Crippen LogP contribution in [-0.2, 0) is 201 Å². The molecular weight excluding hydrogens is 1510 g/mol. The summed E-state index contributed by atoms with van der Waals surface area (Å²) in [6.45, 7) is 22.1. The van der Waals surface area contributed by atoms with Crippen molar-refractivity contribution in [3.8, 4) is 11.5 Å². The summed E-state index contributed by atoms with van der Waals surface area (Å²) >= 11 is 0. The monoisotopic (exact) mass is 1610 g/mol. The predicted octanol–water partition coefficient (Wildman–Crippen LogP) is 0.633. The topological polar surface area (TPSA) is 485 Å². The van der Waals surface area contributed by atoms with Crippen molar-refractivity contribution in [1.29, 1.82) is 0 Å². The Morgan fingerprint density at radius 1 is 0.363 bits per heavy atom.